The predicted octanol–water partition coefficient (Wildman–Crippen LogP) is 5.22. The third kappa shape index (κ3) is 9.16. The number of benzene rings is 2. The Morgan fingerprint density at radius 1 is 1.00 bits per heavy atom. The van der Waals surface area contributed by atoms with Crippen LogP contribution in [0.2, 0.25) is 0 Å². The van der Waals surface area contributed by atoms with Crippen LogP contribution in [0.5, 0.6) is 0 Å². The smallest absolute Gasteiger partial charge is 0.412 e. The van der Waals surface area contributed by atoms with E-state index in [2.05, 4.69) is 10.6 Å². The molecule has 0 atom stereocenters. The molecule has 0 fully saturated rings. The Balaban J connectivity index is 1.76. The summed E-state index contributed by atoms with van der Waals surface area (Å²) < 4.78 is 5.28. The maximum absolute atomic E-state index is 12.3. The highest BCUT2D eigenvalue weighted by atomic mass is 16.6. The number of aryl methyl sites for hydroxylation is 1. The van der Waals surface area contributed by atoms with Gasteiger partial charge in [0.25, 0.3) is 5.91 Å². The van der Waals surface area contributed by atoms with Gasteiger partial charge >= 0.3 is 6.09 Å². The minimum absolute atomic E-state index is 0.0628. The lowest BCUT2D eigenvalue weighted by atomic mass is 10.1. The second kappa shape index (κ2) is 11.8. The number of hydrogen-bond donors (Lipinski definition) is 2. The quantitative estimate of drug-likeness (QED) is 0.417. The van der Waals surface area contributed by atoms with Crippen LogP contribution in [0.25, 0.3) is 0 Å². The molecule has 0 aliphatic carbocycles. The number of nitrogens with one attached hydrogen (secondary N) is 2. The molecule has 0 aromatic heterocycles. The Bertz CT molecular complexity index is 957. The van der Waals surface area contributed by atoms with E-state index in [9.17, 15) is 14.4 Å². The summed E-state index contributed by atoms with van der Waals surface area (Å²) in [5.74, 6) is -0.161. The summed E-state index contributed by atoms with van der Waals surface area (Å²) in [6.07, 6.45) is 4.39. The van der Waals surface area contributed by atoms with Gasteiger partial charge in [0.05, 0.1) is 0 Å². The number of amides is 2. The highest BCUT2D eigenvalue weighted by molar-refractivity contribution is 5.94. The molecule has 0 aliphatic rings. The van der Waals surface area contributed by atoms with Crippen LogP contribution in [0.4, 0.5) is 10.5 Å². The number of carbonyl (C=O) groups excluding carboxylic acids is 3. The summed E-state index contributed by atoms with van der Waals surface area (Å²) in [4.78, 5) is 36.4. The highest BCUT2D eigenvalue weighted by Crippen LogP contribution is 2.18. The van der Waals surface area contributed by atoms with Crippen molar-refractivity contribution in [1.29, 1.82) is 0 Å². The van der Waals surface area contributed by atoms with Crippen LogP contribution in [0.3, 0.4) is 0 Å². The fourth-order valence-corrected chi connectivity index (χ4v) is 2.90. The zero-order chi connectivity index (χ0) is 23.6. The number of para-hydroxylation sites is 1. The van der Waals surface area contributed by atoms with Crippen molar-refractivity contribution >= 4 is 23.5 Å². The van der Waals surface area contributed by atoms with Crippen LogP contribution >= 0.6 is 0 Å². The zero-order valence-corrected chi connectivity index (χ0v) is 19.2. The van der Waals surface area contributed by atoms with Gasteiger partial charge in [-0.05, 0) is 70.4 Å². The molecule has 0 unspecified atom stereocenters. The van der Waals surface area contributed by atoms with Crippen LogP contribution in [0.1, 0.15) is 55.1 Å². The molecule has 2 rings (SSSR count). The van der Waals surface area contributed by atoms with E-state index in [0.29, 0.717) is 24.2 Å². The van der Waals surface area contributed by atoms with Crippen molar-refractivity contribution < 1.29 is 19.1 Å². The highest BCUT2D eigenvalue weighted by Gasteiger charge is 2.17. The van der Waals surface area contributed by atoms with E-state index in [4.69, 9.17) is 4.74 Å². The van der Waals surface area contributed by atoms with Gasteiger partial charge in [0.2, 0.25) is 0 Å². The van der Waals surface area contributed by atoms with Crippen molar-refractivity contribution in [2.45, 2.75) is 52.6 Å². The molecule has 6 nitrogen and oxygen atoms in total. The Morgan fingerprint density at radius 3 is 2.38 bits per heavy atom. The van der Waals surface area contributed by atoms with Crippen LogP contribution in [0.15, 0.2) is 60.7 Å². The fraction of sp³-hybridized carbons (Fsp3) is 0.346. The average Bonchev–Trinajstić information content (AvgIpc) is 2.71. The molecule has 0 saturated heterocycles. The molecule has 32 heavy (non-hydrogen) atoms. The number of hydrogen-bond acceptors (Lipinski definition) is 4. The normalized spacial score (nSPS) is 11.2. The van der Waals surface area contributed by atoms with Crippen LogP contribution in [-0.4, -0.2) is 29.9 Å². The van der Waals surface area contributed by atoms with E-state index in [1.807, 2.05) is 31.2 Å². The number of unbranched alkanes of at least 4 members (excludes halogenated alkanes) is 1. The SMILES string of the molecule is Cc1ccc(C(=O)NCCC/C=C/C(=O)Cc2ccccc2NC(=O)OC(C)(C)C)cc1. The second-order valence-corrected chi connectivity index (χ2v) is 8.59. The van der Waals surface area contributed by atoms with Crippen molar-refractivity contribution in [3.8, 4) is 0 Å². The first-order valence-corrected chi connectivity index (χ1v) is 10.8. The monoisotopic (exact) mass is 436 g/mol. The van der Waals surface area contributed by atoms with Gasteiger partial charge < -0.3 is 10.1 Å². The summed E-state index contributed by atoms with van der Waals surface area (Å²) in [5, 5.41) is 5.58. The van der Waals surface area contributed by atoms with E-state index in [1.54, 1.807) is 57.2 Å². The third-order valence-electron chi connectivity index (χ3n) is 4.47. The minimum atomic E-state index is -0.600. The predicted molar refractivity (Wildman–Crippen MR) is 127 cm³/mol. The summed E-state index contributed by atoms with van der Waals surface area (Å²) in [6.45, 7) is 7.89. The number of ether oxygens (including phenoxy) is 1. The van der Waals surface area contributed by atoms with Crippen LogP contribution in [0, 0.1) is 6.92 Å². The topological polar surface area (TPSA) is 84.5 Å². The third-order valence-corrected chi connectivity index (χ3v) is 4.47. The number of ketones is 1. The van der Waals surface area contributed by atoms with Gasteiger partial charge in [-0.15, -0.1) is 0 Å². The maximum Gasteiger partial charge on any atom is 0.412 e. The number of rotatable bonds is 9. The molecular formula is C26H32N2O4. The molecule has 170 valence electrons. The lowest BCUT2D eigenvalue weighted by molar-refractivity contribution is -0.114. The van der Waals surface area contributed by atoms with Gasteiger partial charge in [-0.25, -0.2) is 4.79 Å². The summed E-state index contributed by atoms with van der Waals surface area (Å²) in [7, 11) is 0. The summed E-state index contributed by atoms with van der Waals surface area (Å²) in [5.41, 5.74) is 2.43. The largest absolute Gasteiger partial charge is 0.444 e. The molecule has 0 saturated carbocycles. The van der Waals surface area contributed by atoms with Gasteiger partial charge in [0, 0.05) is 24.2 Å². The summed E-state index contributed by atoms with van der Waals surface area (Å²) in [6, 6.07) is 14.6. The van der Waals surface area contributed by atoms with Crippen molar-refractivity contribution in [3.05, 3.63) is 77.4 Å². The van der Waals surface area contributed by atoms with E-state index in [1.165, 1.54) is 0 Å². The minimum Gasteiger partial charge on any atom is -0.444 e. The molecule has 0 spiro atoms. The average molecular weight is 437 g/mol. The number of allylic oxidation sites excluding steroid dienone is 2. The maximum atomic E-state index is 12.3. The van der Waals surface area contributed by atoms with E-state index >= 15 is 0 Å². The molecule has 0 bridgehead atoms. The van der Waals surface area contributed by atoms with Gasteiger partial charge in [-0.1, -0.05) is 42.0 Å². The Kier molecular flexibility index (Phi) is 9.20. The first-order valence-electron chi connectivity index (χ1n) is 10.8. The molecule has 6 heteroatoms. The second-order valence-electron chi connectivity index (χ2n) is 8.59. The van der Waals surface area contributed by atoms with E-state index in [0.717, 1.165) is 17.5 Å². The lowest BCUT2D eigenvalue weighted by Crippen LogP contribution is -2.27. The lowest BCUT2D eigenvalue weighted by Gasteiger charge is -2.20. The Morgan fingerprint density at radius 2 is 1.69 bits per heavy atom. The fourth-order valence-electron chi connectivity index (χ4n) is 2.90. The van der Waals surface area contributed by atoms with Gasteiger partial charge in [-0.3, -0.25) is 14.9 Å². The first kappa shape index (κ1) is 24.9. The van der Waals surface area contributed by atoms with Crippen molar-refractivity contribution in [2.24, 2.45) is 0 Å². The van der Waals surface area contributed by atoms with E-state index in [-0.39, 0.29) is 18.1 Å². The number of anilines is 1. The molecule has 0 aliphatic heterocycles. The summed E-state index contributed by atoms with van der Waals surface area (Å²) >= 11 is 0. The van der Waals surface area contributed by atoms with Gasteiger partial charge in [0.1, 0.15) is 5.60 Å². The van der Waals surface area contributed by atoms with E-state index < -0.39 is 11.7 Å². The standard InChI is InChI=1S/C26H32N2O4/c1-19-13-15-20(16-14-19)24(30)27-17-9-5-6-11-22(29)18-21-10-7-8-12-23(21)28-25(31)32-26(2,3)4/h6-8,10-16H,5,9,17-18H2,1-4H3,(H,27,30)(H,28,31)/b11-6+. The molecule has 2 aromatic rings. The molecule has 2 aromatic carbocycles. The molecule has 2 amide bonds. The van der Waals surface area contributed by atoms with Gasteiger partial charge in [-0.2, -0.15) is 0 Å². The van der Waals surface area contributed by atoms with Crippen molar-refractivity contribution in [2.75, 3.05) is 11.9 Å². The Labute approximate surface area is 190 Å². The zero-order valence-electron chi connectivity index (χ0n) is 19.2. The Hall–Kier alpha value is -3.41. The number of carbonyl (C=O) groups is 3. The van der Waals surface area contributed by atoms with Crippen LogP contribution in [-0.2, 0) is 16.0 Å². The van der Waals surface area contributed by atoms with Gasteiger partial charge in [0.15, 0.2) is 5.78 Å². The molecule has 0 heterocycles. The first-order chi connectivity index (χ1) is 15.1. The van der Waals surface area contributed by atoms with Crippen molar-refractivity contribution in [3.63, 3.8) is 0 Å². The molecular weight excluding hydrogens is 404 g/mol. The van der Waals surface area contributed by atoms with Crippen molar-refractivity contribution in [1.82, 2.24) is 5.32 Å². The van der Waals surface area contributed by atoms with Crippen LogP contribution < -0.4 is 10.6 Å². The molecule has 0 radical (unpaired) electrons. The molecule has 2 N–H and O–H groups in total.